The second-order valence-electron chi connectivity index (χ2n) is 6.28. The van der Waals surface area contributed by atoms with Crippen LogP contribution in [-0.4, -0.2) is 30.4 Å². The van der Waals surface area contributed by atoms with Crippen molar-refractivity contribution in [2.75, 3.05) is 19.8 Å². The maximum atomic E-state index is 9.48. The fourth-order valence-electron chi connectivity index (χ4n) is 2.03. The molecule has 1 rings (SSSR count). The van der Waals surface area contributed by atoms with E-state index in [1.165, 1.54) is 5.56 Å². The summed E-state index contributed by atoms with van der Waals surface area (Å²) < 4.78 is 5.95. The van der Waals surface area contributed by atoms with Gasteiger partial charge in [-0.2, -0.15) is 0 Å². The van der Waals surface area contributed by atoms with E-state index < -0.39 is 5.54 Å². The molecule has 0 aliphatic rings. The maximum absolute atomic E-state index is 9.48. The van der Waals surface area contributed by atoms with Crippen LogP contribution in [0, 0.1) is 0 Å². The van der Waals surface area contributed by atoms with Crippen molar-refractivity contribution in [3.63, 3.8) is 0 Å². The lowest BCUT2D eigenvalue weighted by molar-refractivity contribution is 0.116. The van der Waals surface area contributed by atoms with Crippen molar-refractivity contribution in [1.29, 1.82) is 0 Å². The van der Waals surface area contributed by atoms with Gasteiger partial charge in [-0.15, -0.1) is 0 Å². The molecule has 1 aromatic carbocycles. The van der Waals surface area contributed by atoms with Crippen LogP contribution >= 0.6 is 0 Å². The summed E-state index contributed by atoms with van der Waals surface area (Å²) in [5.41, 5.74) is 0.830. The highest BCUT2D eigenvalue weighted by Crippen LogP contribution is 2.31. The number of para-hydroxylation sites is 1. The third-order valence-corrected chi connectivity index (χ3v) is 3.19. The summed E-state index contributed by atoms with van der Waals surface area (Å²) >= 11 is 0. The SMILES string of the molecule is CCNC(C)(CO)COc1ccccc1C(C)(C)C. The average Bonchev–Trinajstić information content (AvgIpc) is 2.36. The lowest BCUT2D eigenvalue weighted by Crippen LogP contribution is -2.50. The fraction of sp³-hybridized carbons (Fsp3) is 0.625. The number of benzene rings is 1. The van der Waals surface area contributed by atoms with Gasteiger partial charge in [-0.1, -0.05) is 45.9 Å². The third-order valence-electron chi connectivity index (χ3n) is 3.19. The quantitative estimate of drug-likeness (QED) is 0.831. The molecule has 1 unspecified atom stereocenters. The Bertz CT molecular complexity index is 398. The van der Waals surface area contributed by atoms with Gasteiger partial charge in [-0.25, -0.2) is 0 Å². The molecule has 108 valence electrons. The Hall–Kier alpha value is -1.06. The minimum Gasteiger partial charge on any atom is -0.491 e. The number of rotatable bonds is 6. The molecule has 0 spiro atoms. The van der Waals surface area contributed by atoms with E-state index in [1.807, 2.05) is 32.0 Å². The summed E-state index contributed by atoms with van der Waals surface area (Å²) in [4.78, 5) is 0. The Balaban J connectivity index is 2.83. The molecule has 0 fully saturated rings. The Kier molecular flexibility index (Phi) is 5.39. The zero-order valence-electron chi connectivity index (χ0n) is 12.8. The van der Waals surface area contributed by atoms with E-state index in [0.29, 0.717) is 6.61 Å². The van der Waals surface area contributed by atoms with Crippen molar-refractivity contribution < 1.29 is 9.84 Å². The lowest BCUT2D eigenvalue weighted by atomic mass is 9.86. The van der Waals surface area contributed by atoms with Crippen molar-refractivity contribution in [2.45, 2.75) is 45.6 Å². The molecule has 0 heterocycles. The molecule has 0 bridgehead atoms. The summed E-state index contributed by atoms with van der Waals surface area (Å²) in [6, 6.07) is 8.10. The van der Waals surface area contributed by atoms with Gasteiger partial charge >= 0.3 is 0 Å². The number of nitrogens with one attached hydrogen (secondary N) is 1. The number of aliphatic hydroxyl groups is 1. The molecule has 0 radical (unpaired) electrons. The van der Waals surface area contributed by atoms with Gasteiger partial charge in [-0.3, -0.25) is 0 Å². The number of likely N-dealkylation sites (N-methyl/N-ethyl adjacent to an activating group) is 1. The minimum absolute atomic E-state index is 0.0460. The number of hydrogen-bond acceptors (Lipinski definition) is 3. The van der Waals surface area contributed by atoms with E-state index in [4.69, 9.17) is 4.74 Å². The largest absolute Gasteiger partial charge is 0.491 e. The number of aliphatic hydroxyl groups excluding tert-OH is 1. The maximum Gasteiger partial charge on any atom is 0.123 e. The summed E-state index contributed by atoms with van der Waals surface area (Å²) in [7, 11) is 0. The Labute approximate surface area is 117 Å². The first-order valence-corrected chi connectivity index (χ1v) is 6.90. The van der Waals surface area contributed by atoms with Crippen molar-refractivity contribution in [3.8, 4) is 5.75 Å². The van der Waals surface area contributed by atoms with Crippen LogP contribution in [0.3, 0.4) is 0 Å². The second-order valence-corrected chi connectivity index (χ2v) is 6.28. The van der Waals surface area contributed by atoms with E-state index in [0.717, 1.165) is 12.3 Å². The molecule has 0 saturated heterocycles. The summed E-state index contributed by atoms with van der Waals surface area (Å²) in [6.45, 7) is 11.8. The summed E-state index contributed by atoms with van der Waals surface area (Å²) in [6.07, 6.45) is 0. The molecule has 3 nitrogen and oxygen atoms in total. The van der Waals surface area contributed by atoms with Crippen LogP contribution in [0.15, 0.2) is 24.3 Å². The van der Waals surface area contributed by atoms with Gasteiger partial charge in [0.2, 0.25) is 0 Å². The zero-order valence-corrected chi connectivity index (χ0v) is 12.8. The van der Waals surface area contributed by atoms with Gasteiger partial charge in [0.1, 0.15) is 12.4 Å². The first kappa shape index (κ1) is 16.0. The van der Waals surface area contributed by atoms with E-state index in [9.17, 15) is 5.11 Å². The van der Waals surface area contributed by atoms with Crippen LogP contribution < -0.4 is 10.1 Å². The first-order valence-electron chi connectivity index (χ1n) is 6.90. The van der Waals surface area contributed by atoms with Gasteiger partial charge in [0, 0.05) is 0 Å². The van der Waals surface area contributed by atoms with Gasteiger partial charge < -0.3 is 15.2 Å². The van der Waals surface area contributed by atoms with Crippen LogP contribution in [0.1, 0.15) is 40.2 Å². The van der Waals surface area contributed by atoms with Crippen LogP contribution in [0.2, 0.25) is 0 Å². The molecule has 0 aromatic heterocycles. The minimum atomic E-state index is -0.403. The normalized spacial score (nSPS) is 15.1. The predicted octanol–water partition coefficient (Wildman–Crippen LogP) is 2.72. The Morgan fingerprint density at radius 3 is 2.32 bits per heavy atom. The van der Waals surface area contributed by atoms with Gasteiger partial charge in [0.05, 0.1) is 12.1 Å². The molecule has 2 N–H and O–H groups in total. The van der Waals surface area contributed by atoms with Crippen molar-refractivity contribution in [3.05, 3.63) is 29.8 Å². The monoisotopic (exact) mass is 265 g/mol. The third kappa shape index (κ3) is 4.51. The lowest BCUT2D eigenvalue weighted by Gasteiger charge is -2.30. The van der Waals surface area contributed by atoms with E-state index in [-0.39, 0.29) is 12.0 Å². The predicted molar refractivity (Wildman–Crippen MR) is 79.8 cm³/mol. The smallest absolute Gasteiger partial charge is 0.123 e. The van der Waals surface area contributed by atoms with Crippen molar-refractivity contribution in [2.24, 2.45) is 0 Å². The van der Waals surface area contributed by atoms with Crippen LogP contribution in [0.5, 0.6) is 5.75 Å². The number of ether oxygens (including phenoxy) is 1. The molecule has 1 atom stereocenters. The highest BCUT2D eigenvalue weighted by molar-refractivity contribution is 5.38. The van der Waals surface area contributed by atoms with E-state index in [2.05, 4.69) is 32.2 Å². The highest BCUT2D eigenvalue weighted by Gasteiger charge is 2.25. The Morgan fingerprint density at radius 1 is 1.16 bits per heavy atom. The molecule has 19 heavy (non-hydrogen) atoms. The van der Waals surface area contributed by atoms with Gasteiger partial charge in [-0.05, 0) is 30.5 Å². The van der Waals surface area contributed by atoms with Gasteiger partial charge in [0.15, 0.2) is 0 Å². The molecular weight excluding hydrogens is 238 g/mol. The summed E-state index contributed by atoms with van der Waals surface area (Å²) in [5, 5.41) is 12.7. The summed E-state index contributed by atoms with van der Waals surface area (Å²) in [5.74, 6) is 0.896. The van der Waals surface area contributed by atoms with Crippen molar-refractivity contribution in [1.82, 2.24) is 5.32 Å². The molecular formula is C16H27NO2. The van der Waals surface area contributed by atoms with E-state index in [1.54, 1.807) is 0 Å². The standard InChI is InChI=1S/C16H27NO2/c1-6-17-16(5,11-18)12-19-14-10-8-7-9-13(14)15(2,3)4/h7-10,17-18H,6,11-12H2,1-5H3. The average molecular weight is 265 g/mol. The molecule has 0 saturated carbocycles. The highest BCUT2D eigenvalue weighted by atomic mass is 16.5. The zero-order chi connectivity index (χ0) is 14.5. The van der Waals surface area contributed by atoms with Gasteiger partial charge in [0.25, 0.3) is 0 Å². The molecule has 0 aliphatic heterocycles. The fourth-order valence-corrected chi connectivity index (χ4v) is 2.03. The van der Waals surface area contributed by atoms with E-state index >= 15 is 0 Å². The molecule has 0 aliphatic carbocycles. The van der Waals surface area contributed by atoms with Crippen molar-refractivity contribution >= 4 is 0 Å². The van der Waals surface area contributed by atoms with Crippen LogP contribution in [-0.2, 0) is 5.41 Å². The topological polar surface area (TPSA) is 41.5 Å². The Morgan fingerprint density at radius 2 is 1.79 bits per heavy atom. The second kappa shape index (κ2) is 6.40. The van der Waals surface area contributed by atoms with Crippen LogP contribution in [0.4, 0.5) is 0 Å². The molecule has 0 amide bonds. The van der Waals surface area contributed by atoms with Crippen LogP contribution in [0.25, 0.3) is 0 Å². The number of hydrogen-bond donors (Lipinski definition) is 2. The molecule has 3 heteroatoms. The molecule has 1 aromatic rings. The first-order chi connectivity index (χ1) is 8.82.